The maximum Gasteiger partial charge on any atom is 0.258 e. The maximum atomic E-state index is 12.8. The van der Waals surface area contributed by atoms with Gasteiger partial charge in [0.15, 0.2) is 5.78 Å². The summed E-state index contributed by atoms with van der Waals surface area (Å²) >= 11 is 0. The average molecular weight is 340 g/mol. The van der Waals surface area contributed by atoms with Gasteiger partial charge in [0.25, 0.3) is 5.91 Å². The van der Waals surface area contributed by atoms with Crippen LogP contribution in [0.15, 0.2) is 0 Å². The van der Waals surface area contributed by atoms with E-state index in [0.717, 1.165) is 12.8 Å². The van der Waals surface area contributed by atoms with Crippen molar-refractivity contribution in [3.8, 4) is 0 Å². The second-order valence-corrected chi connectivity index (χ2v) is 7.39. The number of nitrogens with two attached hydrogens (primary N) is 1. The highest BCUT2D eigenvalue weighted by Crippen LogP contribution is 2.31. The Balaban J connectivity index is 2.05. The lowest BCUT2D eigenvalue weighted by atomic mass is 9.86. The molecule has 0 spiro atoms. The molecule has 5 unspecified atom stereocenters. The number of aliphatic hydroxyl groups is 1. The van der Waals surface area contributed by atoms with Gasteiger partial charge in [0.2, 0.25) is 0 Å². The van der Waals surface area contributed by atoms with E-state index >= 15 is 0 Å². The highest BCUT2D eigenvalue weighted by molar-refractivity contribution is 5.94. The quantitative estimate of drug-likeness (QED) is 0.570. The third kappa shape index (κ3) is 3.49. The summed E-state index contributed by atoms with van der Waals surface area (Å²) in [6.07, 6.45) is 1.90. The number of nitrogens with zero attached hydrogens (tertiary/aromatic N) is 2. The summed E-state index contributed by atoms with van der Waals surface area (Å²) in [5, 5.41) is 17.1. The van der Waals surface area contributed by atoms with Crippen molar-refractivity contribution in [1.29, 1.82) is 0 Å². The average Bonchev–Trinajstić information content (AvgIpc) is 3.03. The molecule has 2 saturated heterocycles. The summed E-state index contributed by atoms with van der Waals surface area (Å²) in [4.78, 5) is 25.3. The summed E-state index contributed by atoms with van der Waals surface area (Å²) < 4.78 is 0. The lowest BCUT2D eigenvalue weighted by Gasteiger charge is -2.30. The number of nitrogens with one attached hydrogen (secondary N) is 1. The number of carbonyl (C=O) groups excluding carboxylic acids is 2. The molecule has 0 aromatic rings. The van der Waals surface area contributed by atoms with Crippen molar-refractivity contribution in [1.82, 2.24) is 15.3 Å². The monoisotopic (exact) mass is 340 g/mol. The van der Waals surface area contributed by atoms with Crippen LogP contribution in [0.3, 0.4) is 0 Å². The van der Waals surface area contributed by atoms with Crippen LogP contribution in [-0.4, -0.2) is 70.7 Å². The number of aliphatic hydroxyl groups excluding tert-OH is 1. The summed E-state index contributed by atoms with van der Waals surface area (Å²) in [6, 6.07) is -0.456. The first-order chi connectivity index (χ1) is 11.3. The molecule has 0 aromatic carbocycles. The van der Waals surface area contributed by atoms with Gasteiger partial charge >= 0.3 is 0 Å². The van der Waals surface area contributed by atoms with E-state index in [2.05, 4.69) is 5.32 Å². The first kappa shape index (κ1) is 19.3. The van der Waals surface area contributed by atoms with E-state index < -0.39 is 17.7 Å². The number of fused-ring (bicyclic) bond motifs is 1. The molecule has 0 saturated carbocycles. The number of hydrogen-bond donors (Lipinski definition) is 3. The van der Waals surface area contributed by atoms with E-state index in [1.165, 1.54) is 0 Å². The summed E-state index contributed by atoms with van der Waals surface area (Å²) in [6.45, 7) is 6.86. The fourth-order valence-corrected chi connectivity index (χ4v) is 3.98. The molecule has 0 aliphatic carbocycles. The third-order valence-electron chi connectivity index (χ3n) is 5.53. The molecule has 0 radical (unpaired) electrons. The molecule has 2 heterocycles. The molecular formula is C17H32N4O3. The Bertz CT molecular complexity index is 478. The molecule has 0 bridgehead atoms. The molecule has 138 valence electrons. The van der Waals surface area contributed by atoms with E-state index in [1.807, 2.05) is 25.9 Å². The molecule has 1 amide bonds. The lowest BCUT2D eigenvalue weighted by Crippen LogP contribution is -2.50. The normalized spacial score (nSPS) is 31.2. The Morgan fingerprint density at radius 2 is 2.12 bits per heavy atom. The molecule has 24 heavy (non-hydrogen) atoms. The van der Waals surface area contributed by atoms with Crippen LogP contribution in [0.25, 0.3) is 0 Å². The Kier molecular flexibility index (Phi) is 6.01. The minimum absolute atomic E-state index is 0.0245. The number of likely N-dealkylation sites (N-methyl/N-ethyl adjacent to an activating group) is 1. The highest BCUT2D eigenvalue weighted by atomic mass is 16.3. The largest absolute Gasteiger partial charge is 0.391 e. The molecule has 2 fully saturated rings. The Morgan fingerprint density at radius 1 is 1.46 bits per heavy atom. The van der Waals surface area contributed by atoms with E-state index in [4.69, 9.17) is 5.73 Å². The van der Waals surface area contributed by atoms with Crippen molar-refractivity contribution in [3.63, 3.8) is 0 Å². The van der Waals surface area contributed by atoms with Gasteiger partial charge in [-0.1, -0.05) is 20.3 Å². The van der Waals surface area contributed by atoms with E-state index in [0.29, 0.717) is 25.9 Å². The zero-order valence-electron chi connectivity index (χ0n) is 15.3. The zero-order valence-corrected chi connectivity index (χ0v) is 15.3. The fraction of sp³-hybridized carbons (Fsp3) is 0.882. The first-order valence-electron chi connectivity index (χ1n) is 9.02. The van der Waals surface area contributed by atoms with Gasteiger partial charge in [0, 0.05) is 25.6 Å². The number of carbonyl (C=O) groups is 2. The SMILES string of the molecule is CCC(CC(=O)C1CCN2CC(C)(N)C(=O)N12)C(O)C(CC)NC. The number of Topliss-reactive ketones (excluding diaryl/α,β-unsaturated/α-hetero) is 1. The van der Waals surface area contributed by atoms with Gasteiger partial charge < -0.3 is 16.2 Å². The van der Waals surface area contributed by atoms with Crippen LogP contribution < -0.4 is 11.1 Å². The molecule has 2 rings (SSSR count). The molecule has 2 aliphatic heterocycles. The predicted molar refractivity (Wildman–Crippen MR) is 92.0 cm³/mol. The van der Waals surface area contributed by atoms with Crippen LogP contribution in [0, 0.1) is 5.92 Å². The van der Waals surface area contributed by atoms with Crippen molar-refractivity contribution < 1.29 is 14.7 Å². The third-order valence-corrected chi connectivity index (χ3v) is 5.53. The van der Waals surface area contributed by atoms with Gasteiger partial charge in [0.05, 0.1) is 6.10 Å². The number of amides is 1. The first-order valence-corrected chi connectivity index (χ1v) is 9.02. The van der Waals surface area contributed by atoms with Crippen LogP contribution in [-0.2, 0) is 9.59 Å². The van der Waals surface area contributed by atoms with Crippen LogP contribution in [0.2, 0.25) is 0 Å². The van der Waals surface area contributed by atoms with Crippen molar-refractivity contribution in [2.75, 3.05) is 20.1 Å². The zero-order chi connectivity index (χ0) is 18.1. The topological polar surface area (TPSA) is 98.9 Å². The van der Waals surface area contributed by atoms with E-state index in [1.54, 1.807) is 11.9 Å². The standard InChI is InChI=1S/C17H32N4O3/c1-5-11(15(23)12(6-2)19-4)9-14(22)13-7-8-20-10-17(3,18)16(24)21(13)20/h11-13,15,19,23H,5-10,18H2,1-4H3. The number of hydrazine groups is 1. The van der Waals surface area contributed by atoms with Gasteiger partial charge in [0.1, 0.15) is 11.6 Å². The lowest BCUT2D eigenvalue weighted by molar-refractivity contribution is -0.145. The van der Waals surface area contributed by atoms with E-state index in [9.17, 15) is 14.7 Å². The number of rotatable bonds is 8. The number of ketones is 1. The summed E-state index contributed by atoms with van der Waals surface area (Å²) in [7, 11) is 1.83. The van der Waals surface area contributed by atoms with Crippen molar-refractivity contribution in [2.45, 2.75) is 70.2 Å². The van der Waals surface area contributed by atoms with Crippen molar-refractivity contribution >= 4 is 11.7 Å². The molecular weight excluding hydrogens is 308 g/mol. The highest BCUT2D eigenvalue weighted by Gasteiger charge is 2.52. The van der Waals surface area contributed by atoms with Crippen LogP contribution in [0.4, 0.5) is 0 Å². The minimum atomic E-state index is -0.915. The maximum absolute atomic E-state index is 12.8. The van der Waals surface area contributed by atoms with Crippen molar-refractivity contribution in [2.24, 2.45) is 11.7 Å². The smallest absolute Gasteiger partial charge is 0.258 e. The fourth-order valence-electron chi connectivity index (χ4n) is 3.98. The minimum Gasteiger partial charge on any atom is -0.391 e. The van der Waals surface area contributed by atoms with Gasteiger partial charge in [-0.25, -0.2) is 5.01 Å². The second-order valence-electron chi connectivity index (χ2n) is 7.39. The Morgan fingerprint density at radius 3 is 2.67 bits per heavy atom. The Labute approximate surface area is 144 Å². The van der Waals surface area contributed by atoms with Crippen molar-refractivity contribution in [3.05, 3.63) is 0 Å². The number of hydrogen-bond acceptors (Lipinski definition) is 6. The molecule has 7 heteroatoms. The van der Waals surface area contributed by atoms with Crippen LogP contribution in [0.1, 0.15) is 46.5 Å². The molecule has 7 nitrogen and oxygen atoms in total. The molecule has 2 aliphatic rings. The van der Waals surface area contributed by atoms with Crippen LogP contribution >= 0.6 is 0 Å². The summed E-state index contributed by atoms with van der Waals surface area (Å²) in [5.41, 5.74) is 5.12. The Hall–Kier alpha value is -1.02. The van der Waals surface area contributed by atoms with Gasteiger partial charge in [-0.15, -0.1) is 0 Å². The van der Waals surface area contributed by atoms with Gasteiger partial charge in [-0.2, -0.15) is 0 Å². The second kappa shape index (κ2) is 7.47. The molecule has 5 atom stereocenters. The van der Waals surface area contributed by atoms with E-state index in [-0.39, 0.29) is 23.7 Å². The van der Waals surface area contributed by atoms with Gasteiger partial charge in [-0.3, -0.25) is 14.6 Å². The summed E-state index contributed by atoms with van der Waals surface area (Å²) in [5.74, 6) is -0.250. The predicted octanol–water partition coefficient (Wildman–Crippen LogP) is -0.120. The molecule has 0 aromatic heterocycles. The van der Waals surface area contributed by atoms with Gasteiger partial charge in [-0.05, 0) is 32.7 Å². The van der Waals surface area contributed by atoms with Crippen LogP contribution in [0.5, 0.6) is 0 Å². The molecule has 4 N–H and O–H groups in total.